The molecule has 0 unspecified atom stereocenters. The van der Waals surface area contributed by atoms with Gasteiger partial charge in [0.25, 0.3) is 0 Å². The molecule has 0 spiro atoms. The fourth-order valence-electron chi connectivity index (χ4n) is 3.02. The third-order valence-corrected chi connectivity index (χ3v) is 4.96. The molecule has 0 aromatic carbocycles. The Morgan fingerprint density at radius 1 is 1.22 bits per heavy atom. The van der Waals surface area contributed by atoms with Crippen molar-refractivity contribution in [2.45, 2.75) is 13.5 Å². The van der Waals surface area contributed by atoms with E-state index in [0.717, 1.165) is 39.8 Å². The van der Waals surface area contributed by atoms with Crippen molar-refractivity contribution in [2.75, 3.05) is 5.32 Å². The monoisotopic (exact) mass is 376 g/mol. The quantitative estimate of drug-likeness (QED) is 0.490. The number of aromatic amines is 1. The van der Waals surface area contributed by atoms with Gasteiger partial charge in [0.1, 0.15) is 5.00 Å². The zero-order chi connectivity index (χ0) is 18.2. The Morgan fingerprint density at radius 3 is 2.93 bits per heavy atom. The highest BCUT2D eigenvalue weighted by Crippen LogP contribution is 2.27. The van der Waals surface area contributed by atoms with Gasteiger partial charge in [-0.2, -0.15) is 9.47 Å². The maximum absolute atomic E-state index is 4.63. The number of nitrogens with one attached hydrogen (secondary N) is 2. The summed E-state index contributed by atoms with van der Waals surface area (Å²) in [4.78, 5) is 9.19. The summed E-state index contributed by atoms with van der Waals surface area (Å²) in [6.07, 6.45) is 11.5. The van der Waals surface area contributed by atoms with E-state index in [4.69, 9.17) is 0 Å². The highest BCUT2D eigenvalue weighted by atomic mass is 32.1. The lowest BCUT2D eigenvalue weighted by Crippen LogP contribution is -2.00. The van der Waals surface area contributed by atoms with Crippen molar-refractivity contribution >= 4 is 28.0 Å². The van der Waals surface area contributed by atoms with Crippen LogP contribution in [0.2, 0.25) is 0 Å². The summed E-state index contributed by atoms with van der Waals surface area (Å²) in [6.45, 7) is 2.71. The molecular formula is C18H16N8S. The predicted octanol–water partition coefficient (Wildman–Crippen LogP) is 3.48. The van der Waals surface area contributed by atoms with Crippen molar-refractivity contribution in [3.63, 3.8) is 0 Å². The zero-order valence-corrected chi connectivity index (χ0v) is 15.3. The van der Waals surface area contributed by atoms with E-state index in [1.54, 1.807) is 6.20 Å². The number of H-pyrrole nitrogens is 1. The maximum Gasteiger partial charge on any atom is 0.180 e. The average molecular weight is 376 g/mol. The standard InChI is InChI=1S/C18H16N8S/c1-12-10-26-15(13-7-20-21-8-13)9-19-18(26)17(22-12)23-16-6-14(24-27-16)11-25-4-2-3-5-25/h2-10H,11H2,1H3,(H,20,21)(H,22,23). The van der Waals surface area contributed by atoms with Gasteiger partial charge in [-0.25, -0.2) is 9.97 Å². The third kappa shape index (κ3) is 2.97. The van der Waals surface area contributed by atoms with E-state index in [2.05, 4.69) is 34.4 Å². The van der Waals surface area contributed by atoms with Crippen molar-refractivity contribution in [1.29, 1.82) is 0 Å². The van der Waals surface area contributed by atoms with Crippen molar-refractivity contribution in [3.8, 4) is 11.3 Å². The van der Waals surface area contributed by atoms with Gasteiger partial charge in [-0.3, -0.25) is 9.50 Å². The van der Waals surface area contributed by atoms with Crippen molar-refractivity contribution in [3.05, 3.63) is 66.8 Å². The predicted molar refractivity (Wildman–Crippen MR) is 104 cm³/mol. The highest BCUT2D eigenvalue weighted by molar-refractivity contribution is 7.10. The summed E-state index contributed by atoms with van der Waals surface area (Å²) in [5, 5.41) is 11.2. The Hall–Kier alpha value is -3.46. The van der Waals surface area contributed by atoms with Gasteiger partial charge in [0, 0.05) is 30.4 Å². The first kappa shape index (κ1) is 15.8. The molecule has 134 valence electrons. The molecular weight excluding hydrogens is 360 g/mol. The van der Waals surface area contributed by atoms with Crippen molar-refractivity contribution in [2.24, 2.45) is 0 Å². The summed E-state index contributed by atoms with van der Waals surface area (Å²) >= 11 is 1.42. The second kappa shape index (κ2) is 6.36. The molecule has 0 aliphatic heterocycles. The Labute approximate surface area is 158 Å². The molecule has 0 bridgehead atoms. The Morgan fingerprint density at radius 2 is 2.11 bits per heavy atom. The van der Waals surface area contributed by atoms with Gasteiger partial charge in [-0.1, -0.05) is 0 Å². The van der Waals surface area contributed by atoms with Crippen LogP contribution in [0.1, 0.15) is 11.4 Å². The fourth-order valence-corrected chi connectivity index (χ4v) is 3.68. The molecule has 2 N–H and O–H groups in total. The van der Waals surface area contributed by atoms with Gasteiger partial charge < -0.3 is 9.88 Å². The number of aryl methyl sites for hydroxylation is 1. The van der Waals surface area contributed by atoms with Crippen LogP contribution in [0.15, 0.2) is 55.4 Å². The molecule has 5 aromatic rings. The van der Waals surface area contributed by atoms with E-state index in [1.165, 1.54) is 11.5 Å². The van der Waals surface area contributed by atoms with E-state index in [9.17, 15) is 0 Å². The molecule has 0 saturated carbocycles. The lowest BCUT2D eigenvalue weighted by molar-refractivity contribution is 0.791. The largest absolute Gasteiger partial charge is 0.348 e. The first-order valence-corrected chi connectivity index (χ1v) is 9.21. The van der Waals surface area contributed by atoms with E-state index in [-0.39, 0.29) is 0 Å². The van der Waals surface area contributed by atoms with Crippen LogP contribution in [0.4, 0.5) is 10.8 Å². The highest BCUT2D eigenvalue weighted by Gasteiger charge is 2.13. The van der Waals surface area contributed by atoms with E-state index >= 15 is 0 Å². The van der Waals surface area contributed by atoms with Crippen LogP contribution < -0.4 is 5.32 Å². The van der Waals surface area contributed by atoms with E-state index < -0.39 is 0 Å². The molecule has 0 amide bonds. The van der Waals surface area contributed by atoms with E-state index in [1.807, 2.05) is 60.5 Å². The SMILES string of the molecule is Cc1cn2c(-c3cn[nH]c3)cnc2c(Nc2cc(Cn3cccc3)ns2)n1. The first-order chi connectivity index (χ1) is 13.3. The molecule has 0 saturated heterocycles. The van der Waals surface area contributed by atoms with Crippen LogP contribution in [0.25, 0.3) is 16.9 Å². The lowest BCUT2D eigenvalue weighted by atomic mass is 10.3. The summed E-state index contributed by atoms with van der Waals surface area (Å²) in [5.41, 5.74) is 4.60. The Bertz CT molecular complexity index is 1180. The maximum atomic E-state index is 4.63. The van der Waals surface area contributed by atoms with Crippen molar-refractivity contribution in [1.82, 2.24) is 33.5 Å². The van der Waals surface area contributed by atoms with Crippen LogP contribution >= 0.6 is 11.5 Å². The number of anilines is 2. The molecule has 27 heavy (non-hydrogen) atoms. The molecule has 0 aliphatic rings. The van der Waals surface area contributed by atoms with Gasteiger partial charge in [0.2, 0.25) is 0 Å². The number of fused-ring (bicyclic) bond motifs is 1. The molecule has 0 aliphatic carbocycles. The fraction of sp³-hybridized carbons (Fsp3) is 0.111. The molecule has 0 fully saturated rings. The minimum Gasteiger partial charge on any atom is -0.348 e. The van der Waals surface area contributed by atoms with E-state index in [0.29, 0.717) is 5.82 Å². The Balaban J connectivity index is 1.48. The zero-order valence-electron chi connectivity index (χ0n) is 14.5. The molecule has 0 atom stereocenters. The molecule has 5 rings (SSSR count). The minimum atomic E-state index is 0.709. The summed E-state index contributed by atoms with van der Waals surface area (Å²) < 4.78 is 8.64. The molecule has 5 heterocycles. The van der Waals surface area contributed by atoms with Crippen LogP contribution in [0.3, 0.4) is 0 Å². The van der Waals surface area contributed by atoms with Gasteiger partial charge in [0.05, 0.1) is 36.0 Å². The number of hydrogen-bond donors (Lipinski definition) is 2. The van der Waals surface area contributed by atoms with Crippen LogP contribution in [-0.2, 0) is 6.54 Å². The minimum absolute atomic E-state index is 0.709. The van der Waals surface area contributed by atoms with Gasteiger partial charge >= 0.3 is 0 Å². The normalized spacial score (nSPS) is 11.3. The average Bonchev–Trinajstić information content (AvgIpc) is 3.43. The topological polar surface area (TPSA) is 88.7 Å². The molecule has 9 heteroatoms. The van der Waals surface area contributed by atoms with Crippen LogP contribution in [0, 0.1) is 6.92 Å². The van der Waals surface area contributed by atoms with Gasteiger partial charge in [0.15, 0.2) is 11.5 Å². The number of aromatic nitrogens is 7. The number of hydrogen-bond acceptors (Lipinski definition) is 6. The molecule has 5 aromatic heterocycles. The second-order valence-electron chi connectivity index (χ2n) is 6.22. The molecule has 0 radical (unpaired) electrons. The van der Waals surface area contributed by atoms with Gasteiger partial charge in [-0.15, -0.1) is 0 Å². The molecule has 8 nitrogen and oxygen atoms in total. The number of nitrogens with zero attached hydrogens (tertiary/aromatic N) is 6. The van der Waals surface area contributed by atoms with Crippen LogP contribution in [-0.4, -0.2) is 33.5 Å². The summed E-state index contributed by atoms with van der Waals surface area (Å²) in [6, 6.07) is 6.06. The third-order valence-electron chi connectivity index (χ3n) is 4.22. The van der Waals surface area contributed by atoms with Crippen molar-refractivity contribution < 1.29 is 0 Å². The first-order valence-electron chi connectivity index (χ1n) is 8.43. The smallest absolute Gasteiger partial charge is 0.180 e. The van der Waals surface area contributed by atoms with Gasteiger partial charge in [-0.05, 0) is 36.7 Å². The Kier molecular flexibility index (Phi) is 3.72. The number of imidazole rings is 1. The van der Waals surface area contributed by atoms with Crippen LogP contribution in [0.5, 0.6) is 0 Å². The number of rotatable bonds is 5. The summed E-state index contributed by atoms with van der Waals surface area (Å²) in [5.74, 6) is 0.709. The lowest BCUT2D eigenvalue weighted by Gasteiger charge is -2.07. The summed E-state index contributed by atoms with van der Waals surface area (Å²) in [7, 11) is 0. The second-order valence-corrected chi connectivity index (χ2v) is 7.02.